The van der Waals surface area contributed by atoms with Crippen molar-refractivity contribution < 1.29 is 4.79 Å². The second-order valence-electron chi connectivity index (χ2n) is 4.61. The summed E-state index contributed by atoms with van der Waals surface area (Å²) in [5.74, 6) is -0.598. The van der Waals surface area contributed by atoms with Crippen LogP contribution in [0.4, 0.5) is 11.4 Å². The zero-order valence-corrected chi connectivity index (χ0v) is 11.2. The molecule has 0 aliphatic heterocycles. The highest BCUT2D eigenvalue weighted by molar-refractivity contribution is 5.97. The number of carbonyl (C=O) groups is 1. The number of anilines is 2. The Morgan fingerprint density at radius 2 is 1.68 bits per heavy atom. The van der Waals surface area contributed by atoms with Gasteiger partial charge in [0.2, 0.25) is 0 Å². The Hall–Kier alpha value is -2.43. The van der Waals surface area contributed by atoms with E-state index in [-0.39, 0.29) is 5.69 Å². The van der Waals surface area contributed by atoms with Crippen LogP contribution in [0.15, 0.2) is 24.3 Å². The Balaban J connectivity index is 2.42. The van der Waals surface area contributed by atoms with Crippen molar-refractivity contribution in [2.75, 3.05) is 5.32 Å². The van der Waals surface area contributed by atoms with Gasteiger partial charge in [-0.05, 0) is 50.1 Å². The molecule has 0 aliphatic rings. The number of benzene rings is 1. The van der Waals surface area contributed by atoms with Gasteiger partial charge in [0, 0.05) is 5.69 Å². The molecule has 0 aliphatic carbocycles. The van der Waals surface area contributed by atoms with Crippen LogP contribution in [0.25, 0.3) is 0 Å². The van der Waals surface area contributed by atoms with E-state index in [9.17, 15) is 4.79 Å². The quantitative estimate of drug-likeness (QED) is 0.882. The molecule has 5 heteroatoms. The maximum absolute atomic E-state index is 11.3. The third-order valence-corrected chi connectivity index (χ3v) is 2.65. The number of hydrogen-bond acceptors (Lipinski definition) is 4. The molecule has 0 atom stereocenters. The molecule has 0 fully saturated rings. The summed E-state index contributed by atoms with van der Waals surface area (Å²) in [5.41, 5.74) is 9.91. The number of nitrogens with one attached hydrogen (secondary N) is 1. The SMILES string of the molecule is Cc1cc(C)cc(Nc2cc(C)nnc2C(N)=O)c1. The van der Waals surface area contributed by atoms with Crippen molar-refractivity contribution in [2.24, 2.45) is 5.73 Å². The van der Waals surface area contributed by atoms with Crippen LogP contribution in [0, 0.1) is 20.8 Å². The highest BCUT2D eigenvalue weighted by atomic mass is 16.1. The molecule has 0 saturated heterocycles. The van der Waals surface area contributed by atoms with Gasteiger partial charge in [0.15, 0.2) is 5.69 Å². The first-order valence-electron chi connectivity index (χ1n) is 5.95. The molecule has 1 aromatic carbocycles. The van der Waals surface area contributed by atoms with E-state index in [0.717, 1.165) is 22.5 Å². The average Bonchev–Trinajstić information content (AvgIpc) is 2.26. The van der Waals surface area contributed by atoms with Crippen molar-refractivity contribution in [3.63, 3.8) is 0 Å². The number of aryl methyl sites for hydroxylation is 3. The van der Waals surface area contributed by atoms with Crippen LogP contribution in [-0.2, 0) is 0 Å². The normalized spacial score (nSPS) is 10.3. The zero-order chi connectivity index (χ0) is 14.0. The van der Waals surface area contributed by atoms with Gasteiger partial charge in [0.05, 0.1) is 11.4 Å². The minimum atomic E-state index is -0.598. The van der Waals surface area contributed by atoms with Crippen LogP contribution >= 0.6 is 0 Å². The monoisotopic (exact) mass is 256 g/mol. The van der Waals surface area contributed by atoms with Crippen molar-refractivity contribution in [1.82, 2.24) is 10.2 Å². The Morgan fingerprint density at radius 1 is 1.05 bits per heavy atom. The molecule has 0 bridgehead atoms. The summed E-state index contributed by atoms with van der Waals surface area (Å²) >= 11 is 0. The van der Waals surface area contributed by atoms with Crippen molar-refractivity contribution >= 4 is 17.3 Å². The van der Waals surface area contributed by atoms with Gasteiger partial charge in [-0.2, -0.15) is 5.10 Å². The first-order chi connectivity index (χ1) is 8.95. The van der Waals surface area contributed by atoms with E-state index in [1.807, 2.05) is 32.9 Å². The maximum atomic E-state index is 11.3. The number of aromatic nitrogens is 2. The maximum Gasteiger partial charge on any atom is 0.271 e. The number of carbonyl (C=O) groups excluding carboxylic acids is 1. The van der Waals surface area contributed by atoms with Gasteiger partial charge in [-0.1, -0.05) is 6.07 Å². The van der Waals surface area contributed by atoms with Gasteiger partial charge in [-0.15, -0.1) is 5.10 Å². The predicted octanol–water partition coefficient (Wildman–Crippen LogP) is 2.24. The lowest BCUT2D eigenvalue weighted by Gasteiger charge is -2.11. The van der Waals surface area contributed by atoms with E-state index >= 15 is 0 Å². The van der Waals surface area contributed by atoms with Crippen LogP contribution in [-0.4, -0.2) is 16.1 Å². The van der Waals surface area contributed by atoms with Gasteiger partial charge in [-0.25, -0.2) is 0 Å². The van der Waals surface area contributed by atoms with Gasteiger partial charge < -0.3 is 11.1 Å². The lowest BCUT2D eigenvalue weighted by Crippen LogP contribution is -2.16. The molecule has 0 saturated carbocycles. The van der Waals surface area contributed by atoms with Crippen molar-refractivity contribution in [3.8, 4) is 0 Å². The van der Waals surface area contributed by atoms with Gasteiger partial charge in [0.1, 0.15) is 0 Å². The molecule has 0 radical (unpaired) electrons. The smallest absolute Gasteiger partial charge is 0.271 e. The zero-order valence-electron chi connectivity index (χ0n) is 11.2. The highest BCUT2D eigenvalue weighted by Gasteiger charge is 2.11. The molecular formula is C14H16N4O. The first-order valence-corrected chi connectivity index (χ1v) is 5.95. The third kappa shape index (κ3) is 3.07. The molecule has 2 rings (SSSR count). The molecule has 3 N–H and O–H groups in total. The summed E-state index contributed by atoms with van der Waals surface area (Å²) < 4.78 is 0. The molecule has 0 spiro atoms. The van der Waals surface area contributed by atoms with Crippen LogP contribution < -0.4 is 11.1 Å². The third-order valence-electron chi connectivity index (χ3n) is 2.65. The molecular weight excluding hydrogens is 240 g/mol. The van der Waals surface area contributed by atoms with Crippen LogP contribution in [0.5, 0.6) is 0 Å². The molecule has 1 amide bonds. The van der Waals surface area contributed by atoms with Crippen LogP contribution in [0.2, 0.25) is 0 Å². The van der Waals surface area contributed by atoms with Gasteiger partial charge in [0.25, 0.3) is 5.91 Å². The van der Waals surface area contributed by atoms with Gasteiger partial charge >= 0.3 is 0 Å². The number of nitrogens with two attached hydrogens (primary N) is 1. The average molecular weight is 256 g/mol. The Kier molecular flexibility index (Phi) is 3.46. The fourth-order valence-corrected chi connectivity index (χ4v) is 1.97. The predicted molar refractivity (Wildman–Crippen MR) is 74.5 cm³/mol. The fourth-order valence-electron chi connectivity index (χ4n) is 1.97. The van der Waals surface area contributed by atoms with Crippen molar-refractivity contribution in [2.45, 2.75) is 20.8 Å². The van der Waals surface area contributed by atoms with Crippen molar-refractivity contribution in [1.29, 1.82) is 0 Å². The van der Waals surface area contributed by atoms with E-state index < -0.39 is 5.91 Å². The summed E-state index contributed by atoms with van der Waals surface area (Å²) in [6, 6.07) is 7.82. The van der Waals surface area contributed by atoms with E-state index in [1.54, 1.807) is 6.07 Å². The Labute approximate surface area is 111 Å². The van der Waals surface area contributed by atoms with E-state index in [1.165, 1.54) is 0 Å². The molecule has 1 aromatic heterocycles. The standard InChI is InChI=1S/C14H16N4O/c1-8-4-9(2)6-11(5-8)16-12-7-10(3)17-18-13(12)14(15)19/h4-7H,1-3H3,(H2,15,19)(H,16,17). The number of nitrogens with zero attached hydrogens (tertiary/aromatic N) is 2. The number of amides is 1. The fraction of sp³-hybridized carbons (Fsp3) is 0.214. The highest BCUT2D eigenvalue weighted by Crippen LogP contribution is 2.21. The second-order valence-corrected chi connectivity index (χ2v) is 4.61. The van der Waals surface area contributed by atoms with Crippen molar-refractivity contribution in [3.05, 3.63) is 46.8 Å². The summed E-state index contributed by atoms with van der Waals surface area (Å²) in [5, 5.41) is 10.9. The molecule has 19 heavy (non-hydrogen) atoms. The van der Waals surface area contributed by atoms with E-state index in [0.29, 0.717) is 5.69 Å². The van der Waals surface area contributed by atoms with Crippen LogP contribution in [0.1, 0.15) is 27.3 Å². The number of hydrogen-bond donors (Lipinski definition) is 2. The second kappa shape index (κ2) is 5.06. The molecule has 98 valence electrons. The van der Waals surface area contributed by atoms with Gasteiger partial charge in [-0.3, -0.25) is 4.79 Å². The van der Waals surface area contributed by atoms with E-state index in [2.05, 4.69) is 21.6 Å². The number of primary amides is 1. The van der Waals surface area contributed by atoms with E-state index in [4.69, 9.17) is 5.73 Å². The lowest BCUT2D eigenvalue weighted by atomic mass is 10.1. The minimum absolute atomic E-state index is 0.143. The summed E-state index contributed by atoms with van der Waals surface area (Å²) in [7, 11) is 0. The number of rotatable bonds is 3. The molecule has 1 heterocycles. The minimum Gasteiger partial charge on any atom is -0.364 e. The largest absolute Gasteiger partial charge is 0.364 e. The molecule has 0 unspecified atom stereocenters. The topological polar surface area (TPSA) is 80.9 Å². The Morgan fingerprint density at radius 3 is 2.26 bits per heavy atom. The van der Waals surface area contributed by atoms with Crippen LogP contribution in [0.3, 0.4) is 0 Å². The molecule has 2 aromatic rings. The lowest BCUT2D eigenvalue weighted by molar-refractivity contribution is 0.0995. The summed E-state index contributed by atoms with van der Waals surface area (Å²) in [6.07, 6.45) is 0. The Bertz CT molecular complexity index is 617. The molecule has 5 nitrogen and oxygen atoms in total. The summed E-state index contributed by atoms with van der Waals surface area (Å²) in [6.45, 7) is 5.84. The first kappa shape index (κ1) is 13.0. The summed E-state index contributed by atoms with van der Waals surface area (Å²) in [4.78, 5) is 11.3.